The van der Waals surface area contributed by atoms with E-state index in [1.807, 2.05) is 6.92 Å². The molecule has 1 aliphatic heterocycles. The first-order chi connectivity index (χ1) is 8.71. The van der Waals surface area contributed by atoms with E-state index in [4.69, 9.17) is 5.73 Å². The molecule has 1 atom stereocenters. The van der Waals surface area contributed by atoms with Crippen LogP contribution in [0.2, 0.25) is 0 Å². The number of nitrogen functional groups attached to an aromatic ring is 1. The quantitative estimate of drug-likeness (QED) is 0.788. The highest BCUT2D eigenvalue weighted by Crippen LogP contribution is 2.23. The Labute approximate surface area is 113 Å². The lowest BCUT2D eigenvalue weighted by Gasteiger charge is -2.24. The lowest BCUT2D eigenvalue weighted by Crippen LogP contribution is -2.46. The molecule has 0 aliphatic carbocycles. The molecule has 19 heavy (non-hydrogen) atoms. The molecule has 0 radical (unpaired) electrons. The van der Waals surface area contributed by atoms with Crippen molar-refractivity contribution in [3.8, 4) is 0 Å². The molecule has 1 aliphatic rings. The molecule has 1 unspecified atom stereocenters. The minimum absolute atomic E-state index is 0.000303. The van der Waals surface area contributed by atoms with Crippen LogP contribution in [-0.2, 0) is 9.84 Å². The largest absolute Gasteiger partial charge is 0.399 e. The summed E-state index contributed by atoms with van der Waals surface area (Å²) in [7, 11) is -3.03. The second-order valence-electron chi connectivity index (χ2n) is 5.43. The van der Waals surface area contributed by atoms with Crippen LogP contribution in [0.4, 0.5) is 5.69 Å². The Kier molecular flexibility index (Phi) is 3.30. The highest BCUT2D eigenvalue weighted by atomic mass is 32.2. The van der Waals surface area contributed by atoms with Gasteiger partial charge in [-0.2, -0.15) is 0 Å². The SMILES string of the molecule is Cc1cc(C(=O)NC2(C)CCS(=O)(=O)C2)ccc1N. The highest BCUT2D eigenvalue weighted by Gasteiger charge is 2.39. The van der Waals surface area contributed by atoms with Gasteiger partial charge in [-0.1, -0.05) is 0 Å². The van der Waals surface area contributed by atoms with Gasteiger partial charge < -0.3 is 11.1 Å². The molecule has 1 aromatic rings. The van der Waals surface area contributed by atoms with E-state index in [0.29, 0.717) is 17.7 Å². The number of nitrogens with one attached hydrogen (secondary N) is 1. The van der Waals surface area contributed by atoms with Crippen LogP contribution in [0.5, 0.6) is 0 Å². The van der Waals surface area contributed by atoms with Gasteiger partial charge in [0.15, 0.2) is 9.84 Å². The van der Waals surface area contributed by atoms with Crippen LogP contribution in [0.15, 0.2) is 18.2 Å². The first-order valence-electron chi connectivity index (χ1n) is 6.10. The van der Waals surface area contributed by atoms with Gasteiger partial charge in [-0.3, -0.25) is 4.79 Å². The molecular formula is C13H18N2O3S. The molecule has 1 amide bonds. The number of hydrogen-bond donors (Lipinski definition) is 2. The van der Waals surface area contributed by atoms with Crippen LogP contribution in [0.3, 0.4) is 0 Å². The zero-order valence-corrected chi connectivity index (χ0v) is 11.9. The normalized spacial score (nSPS) is 25.2. The third-order valence-electron chi connectivity index (χ3n) is 3.45. The van der Waals surface area contributed by atoms with Crippen molar-refractivity contribution in [2.75, 3.05) is 17.2 Å². The van der Waals surface area contributed by atoms with Crippen molar-refractivity contribution in [1.29, 1.82) is 0 Å². The number of hydrogen-bond acceptors (Lipinski definition) is 4. The molecule has 0 bridgehead atoms. The summed E-state index contributed by atoms with van der Waals surface area (Å²) in [4.78, 5) is 12.1. The van der Waals surface area contributed by atoms with Crippen molar-refractivity contribution in [2.24, 2.45) is 0 Å². The second-order valence-corrected chi connectivity index (χ2v) is 7.61. The van der Waals surface area contributed by atoms with E-state index in [2.05, 4.69) is 5.32 Å². The Bertz CT molecular complexity index is 625. The van der Waals surface area contributed by atoms with E-state index in [9.17, 15) is 13.2 Å². The molecule has 0 saturated carbocycles. The first-order valence-corrected chi connectivity index (χ1v) is 7.92. The summed E-state index contributed by atoms with van der Waals surface area (Å²) >= 11 is 0. The Morgan fingerprint density at radius 2 is 2.11 bits per heavy atom. The monoisotopic (exact) mass is 282 g/mol. The summed E-state index contributed by atoms with van der Waals surface area (Å²) in [5, 5.41) is 2.81. The second kappa shape index (κ2) is 4.52. The van der Waals surface area contributed by atoms with Crippen LogP contribution in [0.1, 0.15) is 29.3 Å². The molecule has 0 aromatic heterocycles. The molecule has 0 spiro atoms. The van der Waals surface area contributed by atoms with Crippen LogP contribution in [0.25, 0.3) is 0 Å². The molecular weight excluding hydrogens is 264 g/mol. The number of rotatable bonds is 2. The summed E-state index contributed by atoms with van der Waals surface area (Å²) < 4.78 is 23.0. The fourth-order valence-corrected chi connectivity index (χ4v) is 4.37. The molecule has 1 saturated heterocycles. The zero-order valence-electron chi connectivity index (χ0n) is 11.1. The molecule has 1 heterocycles. The predicted octanol–water partition coefficient (Wildman–Crippen LogP) is 0.884. The number of aryl methyl sites for hydroxylation is 1. The van der Waals surface area contributed by atoms with E-state index < -0.39 is 15.4 Å². The van der Waals surface area contributed by atoms with Crippen LogP contribution in [0, 0.1) is 6.92 Å². The van der Waals surface area contributed by atoms with Crippen molar-refractivity contribution in [3.63, 3.8) is 0 Å². The zero-order chi connectivity index (χ0) is 14.3. The smallest absolute Gasteiger partial charge is 0.251 e. The van der Waals surface area contributed by atoms with Gasteiger partial charge in [0.25, 0.3) is 5.91 Å². The maximum absolute atomic E-state index is 12.1. The number of benzene rings is 1. The Morgan fingerprint density at radius 3 is 2.63 bits per heavy atom. The van der Waals surface area contributed by atoms with E-state index in [-0.39, 0.29) is 17.4 Å². The average Bonchev–Trinajstić information content (AvgIpc) is 2.56. The van der Waals surface area contributed by atoms with Gasteiger partial charge >= 0.3 is 0 Å². The molecule has 1 aromatic carbocycles. The van der Waals surface area contributed by atoms with Gasteiger partial charge in [-0.15, -0.1) is 0 Å². The Morgan fingerprint density at radius 1 is 1.42 bits per heavy atom. The fourth-order valence-electron chi connectivity index (χ4n) is 2.27. The predicted molar refractivity (Wildman–Crippen MR) is 74.7 cm³/mol. The van der Waals surface area contributed by atoms with Crippen molar-refractivity contribution in [3.05, 3.63) is 29.3 Å². The van der Waals surface area contributed by atoms with Gasteiger partial charge in [-0.25, -0.2) is 8.42 Å². The summed E-state index contributed by atoms with van der Waals surface area (Å²) in [6.07, 6.45) is 0.453. The summed E-state index contributed by atoms with van der Waals surface area (Å²) in [6.45, 7) is 3.59. The topological polar surface area (TPSA) is 89.3 Å². The van der Waals surface area contributed by atoms with Gasteiger partial charge in [0.1, 0.15) is 0 Å². The number of sulfone groups is 1. The Hall–Kier alpha value is -1.56. The highest BCUT2D eigenvalue weighted by molar-refractivity contribution is 7.91. The minimum atomic E-state index is -3.03. The third kappa shape index (κ3) is 3.07. The van der Waals surface area contributed by atoms with Gasteiger partial charge in [0.05, 0.1) is 17.0 Å². The van der Waals surface area contributed by atoms with Crippen LogP contribution < -0.4 is 11.1 Å². The fraction of sp³-hybridized carbons (Fsp3) is 0.462. The summed E-state index contributed by atoms with van der Waals surface area (Å²) in [5.74, 6) is -0.132. The number of amides is 1. The molecule has 5 nitrogen and oxygen atoms in total. The number of carbonyl (C=O) groups excluding carboxylic acids is 1. The van der Waals surface area contributed by atoms with E-state index in [0.717, 1.165) is 5.56 Å². The number of nitrogens with two attached hydrogens (primary N) is 1. The number of carbonyl (C=O) groups is 1. The molecule has 6 heteroatoms. The maximum atomic E-state index is 12.1. The van der Waals surface area contributed by atoms with Crippen LogP contribution >= 0.6 is 0 Å². The lowest BCUT2D eigenvalue weighted by atomic mass is 10.0. The third-order valence-corrected chi connectivity index (χ3v) is 5.35. The minimum Gasteiger partial charge on any atom is -0.399 e. The van der Waals surface area contributed by atoms with Crippen molar-refractivity contribution >= 4 is 21.4 Å². The summed E-state index contributed by atoms with van der Waals surface area (Å²) in [5.41, 5.74) is 6.99. The summed E-state index contributed by atoms with van der Waals surface area (Å²) in [6, 6.07) is 5.03. The van der Waals surface area contributed by atoms with Gasteiger partial charge in [0, 0.05) is 11.3 Å². The van der Waals surface area contributed by atoms with Crippen LogP contribution in [-0.4, -0.2) is 31.4 Å². The van der Waals surface area contributed by atoms with E-state index in [1.165, 1.54) is 0 Å². The van der Waals surface area contributed by atoms with Gasteiger partial charge in [-0.05, 0) is 44.0 Å². The maximum Gasteiger partial charge on any atom is 0.251 e. The number of anilines is 1. The average molecular weight is 282 g/mol. The van der Waals surface area contributed by atoms with Crippen molar-refractivity contribution in [2.45, 2.75) is 25.8 Å². The molecule has 2 rings (SSSR count). The standard InChI is InChI=1S/C13H18N2O3S/c1-9-7-10(3-4-11(9)14)12(16)15-13(2)5-6-19(17,18)8-13/h3-4,7H,5-6,8,14H2,1-2H3,(H,15,16). The molecule has 1 fully saturated rings. The van der Waals surface area contributed by atoms with E-state index >= 15 is 0 Å². The first kappa shape index (κ1) is 13.9. The molecule has 3 N–H and O–H groups in total. The lowest BCUT2D eigenvalue weighted by molar-refractivity contribution is 0.0915. The van der Waals surface area contributed by atoms with E-state index in [1.54, 1.807) is 25.1 Å². The Balaban J connectivity index is 2.15. The van der Waals surface area contributed by atoms with Crippen molar-refractivity contribution < 1.29 is 13.2 Å². The molecule has 104 valence electrons. The van der Waals surface area contributed by atoms with Crippen molar-refractivity contribution in [1.82, 2.24) is 5.32 Å². The van der Waals surface area contributed by atoms with Gasteiger partial charge in [0.2, 0.25) is 0 Å².